The molecular weight excluding hydrogens is 366 g/mol. The van der Waals surface area contributed by atoms with Gasteiger partial charge in [0.15, 0.2) is 0 Å². The van der Waals surface area contributed by atoms with Crippen LogP contribution in [0.15, 0.2) is 54.6 Å². The summed E-state index contributed by atoms with van der Waals surface area (Å²) in [5.41, 5.74) is 3.63. The first-order valence-corrected chi connectivity index (χ1v) is 9.89. The highest BCUT2D eigenvalue weighted by molar-refractivity contribution is 6.23. The molecule has 2 aromatic carbocycles. The van der Waals surface area contributed by atoms with Gasteiger partial charge >= 0.3 is 0 Å². The first-order chi connectivity index (χ1) is 14.2. The van der Waals surface area contributed by atoms with Crippen molar-refractivity contribution in [2.75, 3.05) is 37.7 Å². The fourth-order valence-electron chi connectivity index (χ4n) is 4.06. The Labute approximate surface area is 168 Å². The molecule has 0 spiro atoms. The van der Waals surface area contributed by atoms with Crippen molar-refractivity contribution in [1.82, 2.24) is 9.88 Å². The summed E-state index contributed by atoms with van der Waals surface area (Å²) in [5, 5.41) is 1.08. The molecule has 1 aromatic heterocycles. The topological polar surface area (TPSA) is 62.7 Å². The summed E-state index contributed by atoms with van der Waals surface area (Å²) in [4.78, 5) is 34.2. The summed E-state index contributed by atoms with van der Waals surface area (Å²) < 4.78 is 5.42. The third kappa shape index (κ3) is 3.15. The van der Waals surface area contributed by atoms with Crippen molar-refractivity contribution in [3.8, 4) is 0 Å². The van der Waals surface area contributed by atoms with Crippen LogP contribution in [0.5, 0.6) is 0 Å². The van der Waals surface area contributed by atoms with E-state index in [0.717, 1.165) is 35.4 Å². The number of hydrogen-bond acceptors (Lipinski definition) is 5. The Morgan fingerprint density at radius 2 is 1.72 bits per heavy atom. The number of amides is 2. The van der Waals surface area contributed by atoms with Crippen LogP contribution in [0.1, 0.15) is 26.4 Å². The van der Waals surface area contributed by atoms with E-state index >= 15 is 0 Å². The number of carbonyl (C=O) groups excluding carboxylic acids is 2. The van der Waals surface area contributed by atoms with Gasteiger partial charge in [-0.25, -0.2) is 0 Å². The second kappa shape index (κ2) is 7.29. The van der Waals surface area contributed by atoms with Crippen molar-refractivity contribution >= 4 is 28.4 Å². The number of carbonyl (C=O) groups is 2. The first kappa shape index (κ1) is 17.8. The molecule has 0 aliphatic carbocycles. The maximum atomic E-state index is 13.1. The smallest absolute Gasteiger partial charge is 0.263 e. The van der Waals surface area contributed by atoms with E-state index in [1.165, 1.54) is 4.90 Å². The van der Waals surface area contributed by atoms with Crippen LogP contribution in [0, 0.1) is 0 Å². The normalized spacial score (nSPS) is 16.6. The predicted octanol–water partition coefficient (Wildman–Crippen LogP) is 2.91. The van der Waals surface area contributed by atoms with E-state index in [2.05, 4.69) is 9.88 Å². The molecule has 2 aliphatic heterocycles. The van der Waals surface area contributed by atoms with Crippen LogP contribution in [-0.4, -0.2) is 54.5 Å². The van der Waals surface area contributed by atoms with Gasteiger partial charge < -0.3 is 9.64 Å². The molecule has 3 heterocycles. The molecule has 0 saturated carbocycles. The number of morpholine rings is 1. The monoisotopic (exact) mass is 387 g/mol. The molecule has 5 rings (SSSR count). The van der Waals surface area contributed by atoms with E-state index in [1.54, 1.807) is 6.07 Å². The molecule has 0 bridgehead atoms. The third-order valence-electron chi connectivity index (χ3n) is 5.58. The molecule has 2 amide bonds. The molecular formula is C23H21N3O3. The Hall–Kier alpha value is -3.25. The van der Waals surface area contributed by atoms with Crippen LogP contribution in [0.4, 0.5) is 5.69 Å². The van der Waals surface area contributed by atoms with Gasteiger partial charge in [0.2, 0.25) is 0 Å². The molecule has 0 N–H and O–H groups in total. The minimum Gasteiger partial charge on any atom is -0.378 e. The summed E-state index contributed by atoms with van der Waals surface area (Å²) in [7, 11) is 0. The van der Waals surface area contributed by atoms with Crippen LogP contribution in [0.25, 0.3) is 10.9 Å². The van der Waals surface area contributed by atoms with Crippen LogP contribution in [-0.2, 0) is 11.2 Å². The third-order valence-corrected chi connectivity index (χ3v) is 5.58. The molecule has 1 fully saturated rings. The number of pyridine rings is 1. The fourth-order valence-corrected chi connectivity index (χ4v) is 4.06. The number of nitrogens with zero attached hydrogens (tertiary/aromatic N) is 3. The summed E-state index contributed by atoms with van der Waals surface area (Å²) in [6, 6.07) is 17.4. The molecule has 3 aromatic rings. The van der Waals surface area contributed by atoms with Gasteiger partial charge in [-0.15, -0.1) is 0 Å². The van der Waals surface area contributed by atoms with Crippen molar-refractivity contribution in [1.29, 1.82) is 0 Å². The second-order valence-corrected chi connectivity index (χ2v) is 7.31. The van der Waals surface area contributed by atoms with Crippen molar-refractivity contribution in [3.05, 3.63) is 71.4 Å². The van der Waals surface area contributed by atoms with Crippen molar-refractivity contribution in [3.63, 3.8) is 0 Å². The first-order valence-electron chi connectivity index (χ1n) is 9.89. The molecule has 6 heteroatoms. The summed E-state index contributed by atoms with van der Waals surface area (Å²) in [6.07, 6.45) is 0.531. The maximum absolute atomic E-state index is 13.1. The van der Waals surface area contributed by atoms with E-state index in [-0.39, 0.29) is 11.8 Å². The molecule has 1 saturated heterocycles. The maximum Gasteiger partial charge on any atom is 0.263 e. The Morgan fingerprint density at radius 3 is 2.59 bits per heavy atom. The molecule has 0 radical (unpaired) electrons. The highest BCUT2D eigenvalue weighted by Crippen LogP contribution is 2.32. The van der Waals surface area contributed by atoms with Gasteiger partial charge in [-0.05, 0) is 24.3 Å². The highest BCUT2D eigenvalue weighted by Gasteiger charge is 2.38. The lowest BCUT2D eigenvalue weighted by Gasteiger charge is -2.30. The van der Waals surface area contributed by atoms with Gasteiger partial charge in [0.1, 0.15) is 0 Å². The lowest BCUT2D eigenvalue weighted by atomic mass is 10.1. The molecule has 29 heavy (non-hydrogen) atoms. The molecule has 146 valence electrons. The molecule has 2 aliphatic rings. The van der Waals surface area contributed by atoms with E-state index < -0.39 is 0 Å². The Kier molecular flexibility index (Phi) is 4.48. The molecule has 0 atom stereocenters. The van der Waals surface area contributed by atoms with Gasteiger partial charge in [-0.2, -0.15) is 0 Å². The average molecular weight is 387 g/mol. The number of anilines is 1. The van der Waals surface area contributed by atoms with Crippen molar-refractivity contribution < 1.29 is 14.3 Å². The fraction of sp³-hybridized carbons (Fsp3) is 0.261. The van der Waals surface area contributed by atoms with E-state index in [1.807, 2.05) is 48.5 Å². The van der Waals surface area contributed by atoms with Gasteiger partial charge in [-0.3, -0.25) is 19.5 Å². The van der Waals surface area contributed by atoms with Gasteiger partial charge in [0, 0.05) is 37.1 Å². The number of para-hydroxylation sites is 1. The molecule has 6 nitrogen and oxygen atoms in total. The van der Waals surface area contributed by atoms with Gasteiger partial charge in [-0.1, -0.05) is 30.3 Å². The summed E-state index contributed by atoms with van der Waals surface area (Å²) in [6.45, 7) is 3.02. The average Bonchev–Trinajstić information content (AvgIpc) is 3.02. The quantitative estimate of drug-likeness (QED) is 0.644. The van der Waals surface area contributed by atoms with Crippen LogP contribution in [0.2, 0.25) is 0 Å². The standard InChI is InChI=1S/C23H21N3O3/c27-22-18-5-3-7-20(25-12-14-29-15-13-25)21(18)23(28)26(22)11-10-17-9-8-16-4-1-2-6-19(16)24-17/h1-9H,10-15H2. The second-order valence-electron chi connectivity index (χ2n) is 7.31. The lowest BCUT2D eigenvalue weighted by Crippen LogP contribution is -2.37. The Balaban J connectivity index is 1.38. The van der Waals surface area contributed by atoms with Crippen LogP contribution >= 0.6 is 0 Å². The van der Waals surface area contributed by atoms with E-state index in [9.17, 15) is 9.59 Å². The largest absolute Gasteiger partial charge is 0.378 e. The highest BCUT2D eigenvalue weighted by atomic mass is 16.5. The minimum absolute atomic E-state index is 0.215. The summed E-state index contributed by atoms with van der Waals surface area (Å²) in [5.74, 6) is -0.436. The zero-order valence-electron chi connectivity index (χ0n) is 16.0. The van der Waals surface area contributed by atoms with Gasteiger partial charge in [0.25, 0.3) is 11.8 Å². The summed E-state index contributed by atoms with van der Waals surface area (Å²) >= 11 is 0. The number of fused-ring (bicyclic) bond motifs is 2. The number of rotatable bonds is 4. The van der Waals surface area contributed by atoms with Gasteiger partial charge in [0.05, 0.1) is 35.5 Å². The molecule has 0 unspecified atom stereocenters. The number of imide groups is 1. The number of benzene rings is 2. The number of aromatic nitrogens is 1. The Morgan fingerprint density at radius 1 is 0.897 bits per heavy atom. The zero-order chi connectivity index (χ0) is 19.8. The lowest BCUT2D eigenvalue weighted by molar-refractivity contribution is 0.0655. The van der Waals surface area contributed by atoms with E-state index in [0.29, 0.717) is 37.3 Å². The number of ether oxygens (including phenoxy) is 1. The predicted molar refractivity (Wildman–Crippen MR) is 110 cm³/mol. The van der Waals surface area contributed by atoms with E-state index in [4.69, 9.17) is 4.74 Å². The SMILES string of the molecule is O=C1c2cccc(N3CCOCC3)c2C(=O)N1CCc1ccc2ccccc2n1. The minimum atomic E-state index is -0.221. The van der Waals surface area contributed by atoms with Crippen molar-refractivity contribution in [2.45, 2.75) is 6.42 Å². The zero-order valence-corrected chi connectivity index (χ0v) is 16.0. The van der Waals surface area contributed by atoms with Crippen LogP contribution in [0.3, 0.4) is 0 Å². The number of hydrogen-bond donors (Lipinski definition) is 0. The van der Waals surface area contributed by atoms with Crippen LogP contribution < -0.4 is 4.90 Å². The Bertz CT molecular complexity index is 1110. The van der Waals surface area contributed by atoms with Crippen molar-refractivity contribution in [2.24, 2.45) is 0 Å².